The molecular formula is C16H17N5O2S. The molecule has 1 atom stereocenters. The van der Waals surface area contributed by atoms with Gasteiger partial charge in [0, 0.05) is 11.3 Å². The third kappa shape index (κ3) is 3.77. The molecule has 0 saturated heterocycles. The van der Waals surface area contributed by atoms with Crippen LogP contribution < -0.4 is 10.1 Å². The zero-order chi connectivity index (χ0) is 16.8. The first-order valence-corrected chi connectivity index (χ1v) is 8.44. The first kappa shape index (κ1) is 16.1. The van der Waals surface area contributed by atoms with E-state index >= 15 is 0 Å². The van der Waals surface area contributed by atoms with Crippen LogP contribution in [0.25, 0.3) is 0 Å². The van der Waals surface area contributed by atoms with E-state index in [0.717, 1.165) is 4.88 Å². The van der Waals surface area contributed by atoms with Gasteiger partial charge in [-0.2, -0.15) is 5.21 Å². The van der Waals surface area contributed by atoms with Gasteiger partial charge in [0.1, 0.15) is 11.7 Å². The number of hydrogen-bond donors (Lipinski definition) is 2. The number of para-hydroxylation sites is 2. The number of benzene rings is 1. The maximum Gasteiger partial charge on any atom is 0.235 e. The van der Waals surface area contributed by atoms with Crippen LogP contribution in [0.5, 0.6) is 5.75 Å². The average Bonchev–Trinajstić information content (AvgIpc) is 3.28. The smallest absolute Gasteiger partial charge is 0.235 e. The van der Waals surface area contributed by atoms with E-state index in [4.69, 9.17) is 4.74 Å². The number of aromatic amines is 1. The number of amides is 1. The summed E-state index contributed by atoms with van der Waals surface area (Å²) in [7, 11) is 0. The van der Waals surface area contributed by atoms with Crippen molar-refractivity contribution < 1.29 is 9.53 Å². The molecule has 1 aromatic carbocycles. The number of aromatic nitrogens is 4. The number of anilines is 1. The molecule has 0 spiro atoms. The van der Waals surface area contributed by atoms with Crippen LogP contribution in [0.15, 0.2) is 41.8 Å². The van der Waals surface area contributed by atoms with E-state index in [1.54, 1.807) is 17.4 Å². The van der Waals surface area contributed by atoms with Gasteiger partial charge in [0.25, 0.3) is 0 Å². The van der Waals surface area contributed by atoms with Gasteiger partial charge in [0.15, 0.2) is 5.82 Å². The third-order valence-corrected chi connectivity index (χ3v) is 4.32. The molecule has 0 fully saturated rings. The zero-order valence-electron chi connectivity index (χ0n) is 13.1. The highest BCUT2D eigenvalue weighted by Crippen LogP contribution is 2.27. The number of nitrogens with one attached hydrogen (secondary N) is 2. The van der Waals surface area contributed by atoms with E-state index in [1.165, 1.54) is 0 Å². The highest BCUT2D eigenvalue weighted by molar-refractivity contribution is 7.09. The second kappa shape index (κ2) is 7.69. The van der Waals surface area contributed by atoms with Crippen molar-refractivity contribution in [1.29, 1.82) is 0 Å². The summed E-state index contributed by atoms with van der Waals surface area (Å²) in [4.78, 5) is 13.9. The monoisotopic (exact) mass is 343 g/mol. The fraction of sp³-hybridized carbons (Fsp3) is 0.250. The normalized spacial score (nSPS) is 11.9. The van der Waals surface area contributed by atoms with E-state index < -0.39 is 5.92 Å². The van der Waals surface area contributed by atoms with Gasteiger partial charge >= 0.3 is 0 Å². The first-order valence-electron chi connectivity index (χ1n) is 7.56. The zero-order valence-corrected chi connectivity index (χ0v) is 13.9. The van der Waals surface area contributed by atoms with E-state index in [0.29, 0.717) is 30.3 Å². The third-order valence-electron chi connectivity index (χ3n) is 3.42. The molecule has 0 saturated carbocycles. The standard InChI is InChI=1S/C16H17N5O2S/c1-2-23-14-8-4-3-7-13(14)17-16(22)12(15-18-20-21-19-15)10-11-6-5-9-24-11/h3-9,12H,2,10H2,1H3,(H,17,22)(H,18,19,20,21). The second-order valence-electron chi connectivity index (χ2n) is 5.02. The van der Waals surface area contributed by atoms with Crippen LogP contribution in [-0.2, 0) is 11.2 Å². The van der Waals surface area contributed by atoms with Gasteiger partial charge in [-0.1, -0.05) is 23.4 Å². The van der Waals surface area contributed by atoms with Gasteiger partial charge in [-0.15, -0.1) is 21.5 Å². The molecule has 3 rings (SSSR count). The SMILES string of the molecule is CCOc1ccccc1NC(=O)C(Cc1cccs1)c1nn[nH]n1. The van der Waals surface area contributed by atoms with Crippen molar-refractivity contribution in [3.63, 3.8) is 0 Å². The van der Waals surface area contributed by atoms with Crippen molar-refractivity contribution in [1.82, 2.24) is 20.6 Å². The topological polar surface area (TPSA) is 92.8 Å². The first-order chi connectivity index (χ1) is 11.8. The van der Waals surface area contributed by atoms with Gasteiger partial charge in [-0.25, -0.2) is 0 Å². The lowest BCUT2D eigenvalue weighted by Gasteiger charge is -2.15. The second-order valence-corrected chi connectivity index (χ2v) is 6.06. The highest BCUT2D eigenvalue weighted by atomic mass is 32.1. The Morgan fingerprint density at radius 1 is 1.33 bits per heavy atom. The van der Waals surface area contributed by atoms with Crippen LogP contribution in [0, 0.1) is 0 Å². The van der Waals surface area contributed by atoms with Crippen LogP contribution in [0.4, 0.5) is 5.69 Å². The number of hydrogen-bond acceptors (Lipinski definition) is 6. The maximum absolute atomic E-state index is 12.8. The Hall–Kier alpha value is -2.74. The molecule has 0 aliphatic heterocycles. The lowest BCUT2D eigenvalue weighted by molar-refractivity contribution is -0.117. The Morgan fingerprint density at radius 2 is 2.21 bits per heavy atom. The Morgan fingerprint density at radius 3 is 2.92 bits per heavy atom. The summed E-state index contributed by atoms with van der Waals surface area (Å²) >= 11 is 1.59. The van der Waals surface area contributed by atoms with E-state index in [1.807, 2.05) is 42.6 Å². The fourth-order valence-electron chi connectivity index (χ4n) is 2.32. The summed E-state index contributed by atoms with van der Waals surface area (Å²) in [6.07, 6.45) is 0.514. The molecule has 7 nitrogen and oxygen atoms in total. The largest absolute Gasteiger partial charge is 0.492 e. The van der Waals surface area contributed by atoms with Crippen LogP contribution in [0.3, 0.4) is 0 Å². The van der Waals surface area contributed by atoms with Crippen molar-refractivity contribution >= 4 is 22.9 Å². The quantitative estimate of drug-likeness (QED) is 0.688. The van der Waals surface area contributed by atoms with E-state index in [2.05, 4.69) is 25.9 Å². The molecular weight excluding hydrogens is 326 g/mol. The van der Waals surface area contributed by atoms with Crippen molar-refractivity contribution in [2.24, 2.45) is 0 Å². The molecule has 2 aromatic heterocycles. The van der Waals surface area contributed by atoms with Gasteiger partial charge in [-0.05, 0) is 30.5 Å². The molecule has 2 heterocycles. The van der Waals surface area contributed by atoms with Crippen molar-refractivity contribution in [3.05, 3.63) is 52.5 Å². The summed E-state index contributed by atoms with van der Waals surface area (Å²) in [5.74, 6) is 0.278. The Kier molecular flexibility index (Phi) is 5.17. The minimum absolute atomic E-state index is 0.197. The molecule has 124 valence electrons. The number of thiophene rings is 1. The van der Waals surface area contributed by atoms with Crippen LogP contribution in [0.1, 0.15) is 23.5 Å². The van der Waals surface area contributed by atoms with Crippen molar-refractivity contribution in [2.45, 2.75) is 19.3 Å². The predicted molar refractivity (Wildman–Crippen MR) is 91.2 cm³/mol. The molecule has 1 unspecified atom stereocenters. The Balaban J connectivity index is 1.81. The van der Waals surface area contributed by atoms with E-state index in [9.17, 15) is 4.79 Å². The van der Waals surface area contributed by atoms with Crippen LogP contribution >= 0.6 is 11.3 Å². The summed E-state index contributed by atoms with van der Waals surface area (Å²) in [6.45, 7) is 2.42. The highest BCUT2D eigenvalue weighted by Gasteiger charge is 2.26. The van der Waals surface area contributed by atoms with Crippen molar-refractivity contribution in [2.75, 3.05) is 11.9 Å². The number of ether oxygens (including phenoxy) is 1. The summed E-state index contributed by atoms with van der Waals surface area (Å²) < 4.78 is 5.55. The molecule has 0 bridgehead atoms. The number of carbonyl (C=O) groups is 1. The van der Waals surface area contributed by atoms with Crippen molar-refractivity contribution in [3.8, 4) is 5.75 Å². The molecule has 0 aliphatic rings. The molecule has 2 N–H and O–H groups in total. The Labute approximate surface area is 143 Å². The van der Waals surface area contributed by atoms with Gasteiger partial charge in [-0.3, -0.25) is 4.79 Å². The summed E-state index contributed by atoms with van der Waals surface area (Å²) in [5, 5.41) is 18.8. The molecule has 0 aliphatic carbocycles. The van der Waals surface area contributed by atoms with Gasteiger partial charge in [0.2, 0.25) is 5.91 Å². The number of tetrazole rings is 1. The summed E-state index contributed by atoms with van der Waals surface area (Å²) in [6, 6.07) is 11.3. The molecule has 8 heteroatoms. The fourth-order valence-corrected chi connectivity index (χ4v) is 3.07. The van der Waals surface area contributed by atoms with E-state index in [-0.39, 0.29) is 5.91 Å². The number of carbonyl (C=O) groups excluding carboxylic acids is 1. The lowest BCUT2D eigenvalue weighted by Crippen LogP contribution is -2.24. The molecule has 3 aromatic rings. The number of H-pyrrole nitrogens is 1. The minimum atomic E-state index is -0.530. The van der Waals surface area contributed by atoms with Crippen LogP contribution in [0.2, 0.25) is 0 Å². The predicted octanol–water partition coefficient (Wildman–Crippen LogP) is 2.62. The summed E-state index contributed by atoms with van der Waals surface area (Å²) in [5.41, 5.74) is 0.629. The maximum atomic E-state index is 12.8. The molecule has 1 amide bonds. The number of nitrogens with zero attached hydrogens (tertiary/aromatic N) is 3. The minimum Gasteiger partial charge on any atom is -0.492 e. The molecule has 0 radical (unpaired) electrons. The lowest BCUT2D eigenvalue weighted by atomic mass is 10.0. The number of rotatable bonds is 7. The van der Waals surface area contributed by atoms with Crippen LogP contribution in [-0.4, -0.2) is 33.1 Å². The molecule has 24 heavy (non-hydrogen) atoms. The average molecular weight is 343 g/mol. The Bertz CT molecular complexity index is 774. The van der Waals surface area contributed by atoms with Gasteiger partial charge in [0.05, 0.1) is 12.3 Å². The van der Waals surface area contributed by atoms with Gasteiger partial charge < -0.3 is 10.1 Å².